The maximum atomic E-state index is 11.8. The molecule has 0 unspecified atom stereocenters. The molecule has 106 valence electrons. The van der Waals surface area contributed by atoms with Crippen LogP contribution in [0.15, 0.2) is 24.3 Å². The fraction of sp³-hybridized carbons (Fsp3) is 0.533. The SMILES string of the molecule is CCCCOc1ccc(C(=O)NCCCCI)cc1. The minimum absolute atomic E-state index is 0.00596. The Morgan fingerprint density at radius 1 is 1.21 bits per heavy atom. The van der Waals surface area contributed by atoms with Crippen LogP contribution < -0.4 is 10.1 Å². The lowest BCUT2D eigenvalue weighted by molar-refractivity contribution is 0.0953. The van der Waals surface area contributed by atoms with Crippen LogP contribution in [0, 0.1) is 0 Å². The average molecular weight is 375 g/mol. The lowest BCUT2D eigenvalue weighted by atomic mass is 10.2. The fourth-order valence-corrected chi connectivity index (χ4v) is 2.10. The van der Waals surface area contributed by atoms with E-state index in [1.165, 1.54) is 0 Å². The van der Waals surface area contributed by atoms with Crippen molar-refractivity contribution < 1.29 is 9.53 Å². The van der Waals surface area contributed by atoms with E-state index in [9.17, 15) is 4.79 Å². The zero-order chi connectivity index (χ0) is 13.9. The Labute approximate surface area is 129 Å². The van der Waals surface area contributed by atoms with Crippen LogP contribution in [-0.2, 0) is 0 Å². The van der Waals surface area contributed by atoms with E-state index in [1.807, 2.05) is 24.3 Å². The van der Waals surface area contributed by atoms with Crippen molar-refractivity contribution in [3.63, 3.8) is 0 Å². The first-order chi connectivity index (χ1) is 9.27. The molecule has 1 amide bonds. The van der Waals surface area contributed by atoms with Gasteiger partial charge in [-0.25, -0.2) is 0 Å². The Balaban J connectivity index is 2.35. The zero-order valence-electron chi connectivity index (χ0n) is 11.5. The van der Waals surface area contributed by atoms with Gasteiger partial charge in [0.2, 0.25) is 0 Å². The lowest BCUT2D eigenvalue weighted by Gasteiger charge is -2.07. The monoisotopic (exact) mass is 375 g/mol. The number of carbonyl (C=O) groups is 1. The van der Waals surface area contributed by atoms with Gasteiger partial charge in [0.1, 0.15) is 5.75 Å². The first kappa shape index (κ1) is 16.3. The van der Waals surface area contributed by atoms with Crippen LogP contribution in [0.2, 0.25) is 0 Å². The predicted molar refractivity (Wildman–Crippen MR) is 87.3 cm³/mol. The third kappa shape index (κ3) is 6.80. The van der Waals surface area contributed by atoms with Gasteiger partial charge in [-0.3, -0.25) is 4.79 Å². The van der Waals surface area contributed by atoms with Crippen molar-refractivity contribution >= 4 is 28.5 Å². The first-order valence-electron chi connectivity index (χ1n) is 6.85. The Morgan fingerprint density at radius 3 is 2.58 bits per heavy atom. The van der Waals surface area contributed by atoms with E-state index >= 15 is 0 Å². The molecule has 0 aliphatic rings. The van der Waals surface area contributed by atoms with Crippen LogP contribution in [0.3, 0.4) is 0 Å². The molecule has 1 N–H and O–H groups in total. The van der Waals surface area contributed by atoms with Crippen molar-refractivity contribution in [1.82, 2.24) is 5.32 Å². The number of hydrogen-bond acceptors (Lipinski definition) is 2. The smallest absolute Gasteiger partial charge is 0.251 e. The second kappa shape index (κ2) is 10.1. The minimum Gasteiger partial charge on any atom is -0.494 e. The predicted octanol–water partition coefficient (Wildman–Crippen LogP) is 3.81. The number of unbranched alkanes of at least 4 members (excludes halogenated alkanes) is 2. The number of ether oxygens (including phenoxy) is 1. The molecule has 0 fully saturated rings. The minimum atomic E-state index is -0.00596. The largest absolute Gasteiger partial charge is 0.494 e. The molecule has 0 saturated carbocycles. The van der Waals surface area contributed by atoms with E-state index in [-0.39, 0.29) is 5.91 Å². The fourth-order valence-electron chi connectivity index (χ4n) is 1.56. The number of nitrogens with one attached hydrogen (secondary N) is 1. The third-order valence-corrected chi connectivity index (χ3v) is 3.49. The summed E-state index contributed by atoms with van der Waals surface area (Å²) >= 11 is 2.35. The molecule has 0 heterocycles. The highest BCUT2D eigenvalue weighted by Crippen LogP contribution is 2.12. The van der Waals surface area contributed by atoms with Crippen LogP contribution in [0.4, 0.5) is 0 Å². The van der Waals surface area contributed by atoms with Gasteiger partial charge in [-0.1, -0.05) is 35.9 Å². The number of halogens is 1. The van der Waals surface area contributed by atoms with Crippen LogP contribution in [-0.4, -0.2) is 23.5 Å². The highest BCUT2D eigenvalue weighted by Gasteiger charge is 2.04. The van der Waals surface area contributed by atoms with E-state index in [4.69, 9.17) is 4.74 Å². The van der Waals surface area contributed by atoms with Crippen molar-refractivity contribution in [3.8, 4) is 5.75 Å². The summed E-state index contributed by atoms with van der Waals surface area (Å²) in [5.74, 6) is 0.823. The molecule has 0 aliphatic heterocycles. The van der Waals surface area contributed by atoms with Crippen LogP contribution in [0.25, 0.3) is 0 Å². The number of carbonyl (C=O) groups excluding carboxylic acids is 1. The molecule has 1 rings (SSSR count). The molecular formula is C15H22INO2. The maximum Gasteiger partial charge on any atom is 0.251 e. The second-order valence-electron chi connectivity index (χ2n) is 4.38. The number of hydrogen-bond donors (Lipinski definition) is 1. The molecule has 3 nitrogen and oxygen atoms in total. The molecule has 0 aliphatic carbocycles. The molecule has 0 bridgehead atoms. The number of amides is 1. The number of benzene rings is 1. The zero-order valence-corrected chi connectivity index (χ0v) is 13.6. The molecule has 19 heavy (non-hydrogen) atoms. The molecule has 0 atom stereocenters. The highest BCUT2D eigenvalue weighted by molar-refractivity contribution is 14.1. The van der Waals surface area contributed by atoms with Crippen LogP contribution in [0.1, 0.15) is 43.0 Å². The average Bonchev–Trinajstić information content (AvgIpc) is 2.44. The van der Waals surface area contributed by atoms with Gasteiger partial charge < -0.3 is 10.1 Å². The Morgan fingerprint density at radius 2 is 1.95 bits per heavy atom. The molecule has 4 heteroatoms. The van der Waals surface area contributed by atoms with Gasteiger partial charge in [0.25, 0.3) is 5.91 Å². The molecular weight excluding hydrogens is 353 g/mol. The summed E-state index contributed by atoms with van der Waals surface area (Å²) in [5.41, 5.74) is 0.692. The topological polar surface area (TPSA) is 38.3 Å². The quantitative estimate of drug-likeness (QED) is 0.405. The summed E-state index contributed by atoms with van der Waals surface area (Å²) in [6.45, 7) is 3.61. The van der Waals surface area contributed by atoms with E-state index in [1.54, 1.807) is 0 Å². The summed E-state index contributed by atoms with van der Waals surface area (Å²) < 4.78 is 6.70. The van der Waals surface area contributed by atoms with Crippen LogP contribution >= 0.6 is 22.6 Å². The van der Waals surface area contributed by atoms with Gasteiger partial charge >= 0.3 is 0 Å². The normalized spacial score (nSPS) is 10.2. The number of rotatable bonds is 9. The van der Waals surface area contributed by atoms with E-state index in [0.717, 1.165) is 49.0 Å². The summed E-state index contributed by atoms with van der Waals surface area (Å²) in [4.78, 5) is 11.8. The van der Waals surface area contributed by atoms with Crippen molar-refractivity contribution in [2.24, 2.45) is 0 Å². The van der Waals surface area contributed by atoms with E-state index in [2.05, 4.69) is 34.8 Å². The summed E-state index contributed by atoms with van der Waals surface area (Å²) in [6.07, 6.45) is 4.36. The van der Waals surface area contributed by atoms with Crippen molar-refractivity contribution in [2.45, 2.75) is 32.6 Å². The Kier molecular flexibility index (Phi) is 8.62. The van der Waals surface area contributed by atoms with Crippen molar-refractivity contribution in [1.29, 1.82) is 0 Å². The maximum absolute atomic E-state index is 11.8. The van der Waals surface area contributed by atoms with Gasteiger partial charge in [-0.2, -0.15) is 0 Å². The molecule has 1 aromatic carbocycles. The van der Waals surface area contributed by atoms with Gasteiger partial charge in [0.05, 0.1) is 6.61 Å². The number of alkyl halides is 1. The van der Waals surface area contributed by atoms with Crippen molar-refractivity contribution in [2.75, 3.05) is 17.6 Å². The van der Waals surface area contributed by atoms with Crippen LogP contribution in [0.5, 0.6) is 5.75 Å². The molecule has 1 aromatic rings. The van der Waals surface area contributed by atoms with E-state index in [0.29, 0.717) is 5.56 Å². The summed E-state index contributed by atoms with van der Waals surface area (Å²) in [5, 5.41) is 2.92. The first-order valence-corrected chi connectivity index (χ1v) is 8.37. The third-order valence-electron chi connectivity index (χ3n) is 2.73. The molecule has 0 radical (unpaired) electrons. The standard InChI is InChI=1S/C15H22INO2/c1-2-3-12-19-14-8-6-13(7-9-14)15(18)17-11-5-4-10-16/h6-9H,2-5,10-12H2,1H3,(H,17,18). The van der Waals surface area contributed by atoms with Gasteiger partial charge in [0.15, 0.2) is 0 Å². The molecule has 0 aromatic heterocycles. The Hall–Kier alpha value is -0.780. The molecule has 0 spiro atoms. The van der Waals surface area contributed by atoms with Gasteiger partial charge in [-0.15, -0.1) is 0 Å². The van der Waals surface area contributed by atoms with Gasteiger partial charge in [-0.05, 0) is 48.0 Å². The highest BCUT2D eigenvalue weighted by atomic mass is 127. The van der Waals surface area contributed by atoms with Gasteiger partial charge in [0, 0.05) is 12.1 Å². The molecule has 0 saturated heterocycles. The Bertz CT molecular complexity index is 365. The second-order valence-corrected chi connectivity index (χ2v) is 5.46. The summed E-state index contributed by atoms with van der Waals surface area (Å²) in [7, 11) is 0. The summed E-state index contributed by atoms with van der Waals surface area (Å²) in [6, 6.07) is 7.34. The lowest BCUT2D eigenvalue weighted by Crippen LogP contribution is -2.24. The van der Waals surface area contributed by atoms with E-state index < -0.39 is 0 Å². The van der Waals surface area contributed by atoms with Crippen molar-refractivity contribution in [3.05, 3.63) is 29.8 Å².